The van der Waals surface area contributed by atoms with Crippen LogP contribution in [0, 0.1) is 0 Å². The smallest absolute Gasteiger partial charge is 0.319 e. The molecule has 0 aromatic heterocycles. The quantitative estimate of drug-likeness (QED) is 0.634. The molecule has 2 aromatic carbocycles. The highest BCUT2D eigenvalue weighted by Gasteiger charge is 2.10. The van der Waals surface area contributed by atoms with Gasteiger partial charge in [0.25, 0.3) is 0 Å². The van der Waals surface area contributed by atoms with E-state index in [1.807, 2.05) is 56.3 Å². The molecule has 2 amide bonds. The molecule has 0 heterocycles. The van der Waals surface area contributed by atoms with Crippen LogP contribution < -0.4 is 15.4 Å². The maximum absolute atomic E-state index is 12.0. The van der Waals surface area contributed by atoms with Crippen LogP contribution >= 0.6 is 0 Å². The number of hydrogen-bond donors (Lipinski definition) is 2. The van der Waals surface area contributed by atoms with Crippen molar-refractivity contribution in [2.75, 3.05) is 25.1 Å². The highest BCUT2D eigenvalue weighted by atomic mass is 16.7. The van der Waals surface area contributed by atoms with Crippen molar-refractivity contribution in [1.82, 2.24) is 5.32 Å². The molecule has 0 aliphatic carbocycles. The van der Waals surface area contributed by atoms with Gasteiger partial charge < -0.3 is 24.8 Å². The number of hydrogen-bond acceptors (Lipinski definition) is 4. The second kappa shape index (κ2) is 11.1. The molecule has 0 atom stereocenters. The number of nitrogens with one attached hydrogen (secondary N) is 2. The molecule has 0 aliphatic rings. The van der Waals surface area contributed by atoms with E-state index in [4.69, 9.17) is 14.2 Å². The third-order valence-corrected chi connectivity index (χ3v) is 3.49. The minimum Gasteiger partial charge on any atom is -0.489 e. The summed E-state index contributed by atoms with van der Waals surface area (Å²) in [5, 5.41) is 5.50. The molecule has 0 spiro atoms. The van der Waals surface area contributed by atoms with Gasteiger partial charge in [-0.3, -0.25) is 0 Å². The van der Waals surface area contributed by atoms with E-state index in [1.165, 1.54) is 0 Å². The standard InChI is InChI=1S/C20H26N2O4/c1-3-24-19(25-4-2)14-21-20(23)22-17-10-12-18(13-11-17)26-15-16-8-6-5-7-9-16/h5-13,19H,3-4,14-15H2,1-2H3,(H2,21,22,23). The number of urea groups is 1. The van der Waals surface area contributed by atoms with Crippen LogP contribution in [0.4, 0.5) is 10.5 Å². The molecule has 0 unspecified atom stereocenters. The summed E-state index contributed by atoms with van der Waals surface area (Å²) in [6.45, 7) is 5.61. The minimum atomic E-state index is -0.440. The fraction of sp³-hybridized carbons (Fsp3) is 0.350. The average Bonchev–Trinajstić information content (AvgIpc) is 2.67. The van der Waals surface area contributed by atoms with Crippen molar-refractivity contribution in [3.63, 3.8) is 0 Å². The number of anilines is 1. The van der Waals surface area contributed by atoms with Gasteiger partial charge >= 0.3 is 6.03 Å². The lowest BCUT2D eigenvalue weighted by molar-refractivity contribution is -0.131. The van der Waals surface area contributed by atoms with Gasteiger partial charge in [0.2, 0.25) is 0 Å². The van der Waals surface area contributed by atoms with E-state index in [-0.39, 0.29) is 12.6 Å². The Labute approximate surface area is 154 Å². The Kier molecular flexibility index (Phi) is 8.45. The molecule has 0 fully saturated rings. The van der Waals surface area contributed by atoms with Crippen LogP contribution in [-0.2, 0) is 16.1 Å². The highest BCUT2D eigenvalue weighted by molar-refractivity contribution is 5.89. The summed E-state index contributed by atoms with van der Waals surface area (Å²) in [6, 6.07) is 16.9. The van der Waals surface area contributed by atoms with Crippen LogP contribution in [0.1, 0.15) is 19.4 Å². The van der Waals surface area contributed by atoms with Crippen LogP contribution in [0.25, 0.3) is 0 Å². The molecule has 0 saturated heterocycles. The zero-order valence-electron chi connectivity index (χ0n) is 15.2. The Morgan fingerprint density at radius 1 is 0.962 bits per heavy atom. The van der Waals surface area contributed by atoms with Crippen LogP contribution in [0.3, 0.4) is 0 Å². The molecule has 2 N–H and O–H groups in total. The van der Waals surface area contributed by atoms with Crippen molar-refractivity contribution in [1.29, 1.82) is 0 Å². The van der Waals surface area contributed by atoms with Gasteiger partial charge in [-0.2, -0.15) is 0 Å². The molecule has 140 valence electrons. The fourth-order valence-corrected chi connectivity index (χ4v) is 2.26. The lowest BCUT2D eigenvalue weighted by atomic mass is 10.2. The van der Waals surface area contributed by atoms with Gasteiger partial charge in [0, 0.05) is 18.9 Å². The molecule has 0 saturated carbocycles. The molecule has 6 heteroatoms. The summed E-state index contributed by atoms with van der Waals surface area (Å²) in [5.41, 5.74) is 1.78. The first kappa shape index (κ1) is 19.8. The first-order valence-corrected chi connectivity index (χ1v) is 8.76. The largest absolute Gasteiger partial charge is 0.489 e. The van der Waals surface area contributed by atoms with E-state index >= 15 is 0 Å². The second-order valence-corrected chi connectivity index (χ2v) is 5.47. The van der Waals surface area contributed by atoms with Gasteiger partial charge in [-0.25, -0.2) is 4.79 Å². The summed E-state index contributed by atoms with van der Waals surface area (Å²) < 4.78 is 16.5. The van der Waals surface area contributed by atoms with Crippen molar-refractivity contribution < 1.29 is 19.0 Å². The molecule has 0 aliphatic heterocycles. The van der Waals surface area contributed by atoms with Crippen LogP contribution in [-0.4, -0.2) is 32.1 Å². The number of rotatable bonds is 10. The van der Waals surface area contributed by atoms with E-state index in [2.05, 4.69) is 10.6 Å². The average molecular weight is 358 g/mol. The number of carbonyl (C=O) groups excluding carboxylic acids is 1. The Morgan fingerprint density at radius 3 is 2.23 bits per heavy atom. The number of ether oxygens (including phenoxy) is 3. The number of benzene rings is 2. The minimum absolute atomic E-state index is 0.284. The third kappa shape index (κ3) is 7.13. The van der Waals surface area contributed by atoms with Crippen LogP contribution in [0.2, 0.25) is 0 Å². The summed E-state index contributed by atoms with van der Waals surface area (Å²) in [7, 11) is 0. The molecular weight excluding hydrogens is 332 g/mol. The third-order valence-electron chi connectivity index (χ3n) is 3.49. The predicted molar refractivity (Wildman–Crippen MR) is 101 cm³/mol. The summed E-state index contributed by atoms with van der Waals surface area (Å²) in [4.78, 5) is 12.0. The fourth-order valence-electron chi connectivity index (χ4n) is 2.26. The highest BCUT2D eigenvalue weighted by Crippen LogP contribution is 2.17. The van der Waals surface area contributed by atoms with Gasteiger partial charge in [-0.1, -0.05) is 30.3 Å². The van der Waals surface area contributed by atoms with Gasteiger partial charge in [0.15, 0.2) is 6.29 Å². The lowest BCUT2D eigenvalue weighted by Gasteiger charge is -2.17. The zero-order valence-corrected chi connectivity index (χ0v) is 15.2. The number of carbonyl (C=O) groups is 1. The van der Waals surface area contributed by atoms with Gasteiger partial charge in [-0.05, 0) is 43.7 Å². The van der Waals surface area contributed by atoms with Crippen molar-refractivity contribution in [2.45, 2.75) is 26.7 Å². The topological polar surface area (TPSA) is 68.8 Å². The molecule has 2 aromatic rings. The number of amides is 2. The molecule has 2 rings (SSSR count). The Morgan fingerprint density at radius 2 is 1.62 bits per heavy atom. The Hall–Kier alpha value is -2.57. The van der Waals surface area contributed by atoms with E-state index < -0.39 is 6.29 Å². The molecule has 26 heavy (non-hydrogen) atoms. The predicted octanol–water partition coefficient (Wildman–Crippen LogP) is 3.79. The van der Waals surface area contributed by atoms with E-state index in [1.54, 1.807) is 12.1 Å². The SMILES string of the molecule is CCOC(CNC(=O)Nc1ccc(OCc2ccccc2)cc1)OCC. The van der Waals surface area contributed by atoms with E-state index in [0.717, 1.165) is 11.3 Å². The van der Waals surface area contributed by atoms with Crippen molar-refractivity contribution in [2.24, 2.45) is 0 Å². The van der Waals surface area contributed by atoms with E-state index in [0.29, 0.717) is 25.5 Å². The van der Waals surface area contributed by atoms with Crippen molar-refractivity contribution in [3.8, 4) is 5.75 Å². The van der Waals surface area contributed by atoms with Crippen molar-refractivity contribution in [3.05, 3.63) is 60.2 Å². The molecule has 0 bridgehead atoms. The maximum Gasteiger partial charge on any atom is 0.319 e. The van der Waals surface area contributed by atoms with Gasteiger partial charge in [0.05, 0.1) is 6.54 Å². The van der Waals surface area contributed by atoms with Crippen molar-refractivity contribution >= 4 is 11.7 Å². The molecule has 6 nitrogen and oxygen atoms in total. The Bertz CT molecular complexity index is 641. The monoisotopic (exact) mass is 358 g/mol. The summed E-state index contributed by atoms with van der Waals surface area (Å²) in [6.07, 6.45) is -0.440. The zero-order chi connectivity index (χ0) is 18.6. The first-order valence-electron chi connectivity index (χ1n) is 8.76. The second-order valence-electron chi connectivity index (χ2n) is 5.47. The normalized spacial score (nSPS) is 10.6. The molecular formula is C20H26N2O4. The summed E-state index contributed by atoms with van der Waals surface area (Å²) >= 11 is 0. The molecule has 0 radical (unpaired) electrons. The first-order chi connectivity index (χ1) is 12.7. The van der Waals surface area contributed by atoms with Gasteiger partial charge in [-0.15, -0.1) is 0 Å². The summed E-state index contributed by atoms with van der Waals surface area (Å²) in [5.74, 6) is 0.743. The van der Waals surface area contributed by atoms with Crippen LogP contribution in [0.5, 0.6) is 5.75 Å². The van der Waals surface area contributed by atoms with Crippen LogP contribution in [0.15, 0.2) is 54.6 Å². The maximum atomic E-state index is 12.0. The Balaban J connectivity index is 1.76. The lowest BCUT2D eigenvalue weighted by Crippen LogP contribution is -2.37. The van der Waals surface area contributed by atoms with E-state index in [9.17, 15) is 4.79 Å². The van der Waals surface area contributed by atoms with Gasteiger partial charge in [0.1, 0.15) is 12.4 Å².